The molecule has 1 N–H and O–H groups in total. The topological polar surface area (TPSA) is 52.7 Å². The second-order valence-corrected chi connectivity index (χ2v) is 5.87. The first kappa shape index (κ1) is 15.6. The minimum absolute atomic E-state index is 0.0274. The van der Waals surface area contributed by atoms with Crippen molar-refractivity contribution >= 4 is 29.2 Å². The zero-order chi connectivity index (χ0) is 15.4. The standard InChI is InChI=1S/C15H20ClN3O2/c1-18(2)14(20)11-7-9-19(10-8-11)15(21)17-13-5-3-12(16)4-6-13/h3-6,11H,7-10H2,1-2H3,(H,17,21). The number of rotatable bonds is 2. The zero-order valence-electron chi connectivity index (χ0n) is 12.3. The maximum atomic E-state index is 12.1. The predicted octanol–water partition coefficient (Wildman–Crippen LogP) is 2.67. The highest BCUT2D eigenvalue weighted by Crippen LogP contribution is 2.20. The number of carbonyl (C=O) groups excluding carboxylic acids is 2. The number of urea groups is 1. The molecule has 0 saturated carbocycles. The maximum Gasteiger partial charge on any atom is 0.321 e. The minimum atomic E-state index is -0.131. The van der Waals surface area contributed by atoms with E-state index in [9.17, 15) is 9.59 Å². The fraction of sp³-hybridized carbons (Fsp3) is 0.467. The zero-order valence-corrected chi connectivity index (χ0v) is 13.1. The molecule has 1 aliphatic rings. The fourth-order valence-electron chi connectivity index (χ4n) is 2.43. The molecule has 0 unspecified atom stereocenters. The summed E-state index contributed by atoms with van der Waals surface area (Å²) in [5.74, 6) is 0.173. The number of anilines is 1. The molecule has 3 amide bonds. The monoisotopic (exact) mass is 309 g/mol. The van der Waals surface area contributed by atoms with Gasteiger partial charge in [-0.15, -0.1) is 0 Å². The van der Waals surface area contributed by atoms with Crippen LogP contribution in [0.3, 0.4) is 0 Å². The molecule has 1 aromatic rings. The Hall–Kier alpha value is -1.75. The Morgan fingerprint density at radius 2 is 1.76 bits per heavy atom. The average Bonchev–Trinajstić information content (AvgIpc) is 2.49. The van der Waals surface area contributed by atoms with Crippen LogP contribution in [0.5, 0.6) is 0 Å². The van der Waals surface area contributed by atoms with Crippen molar-refractivity contribution in [2.24, 2.45) is 5.92 Å². The number of piperidine rings is 1. The van der Waals surface area contributed by atoms with Crippen LogP contribution in [-0.2, 0) is 4.79 Å². The molecule has 0 bridgehead atoms. The van der Waals surface area contributed by atoms with Crippen LogP contribution in [0.1, 0.15) is 12.8 Å². The van der Waals surface area contributed by atoms with Gasteiger partial charge < -0.3 is 15.1 Å². The molecule has 1 aliphatic heterocycles. The summed E-state index contributed by atoms with van der Waals surface area (Å²) in [6.45, 7) is 1.20. The number of likely N-dealkylation sites (tertiary alicyclic amines) is 1. The van der Waals surface area contributed by atoms with E-state index >= 15 is 0 Å². The number of nitrogens with zero attached hydrogens (tertiary/aromatic N) is 2. The Bertz CT molecular complexity index is 508. The third-order valence-electron chi connectivity index (χ3n) is 3.67. The van der Waals surface area contributed by atoms with Gasteiger partial charge in [0.2, 0.25) is 5.91 Å². The van der Waals surface area contributed by atoms with Gasteiger partial charge in [0.05, 0.1) is 0 Å². The van der Waals surface area contributed by atoms with Gasteiger partial charge in [-0.2, -0.15) is 0 Å². The van der Waals surface area contributed by atoms with E-state index < -0.39 is 0 Å². The Morgan fingerprint density at radius 1 is 1.19 bits per heavy atom. The number of halogens is 1. The second kappa shape index (κ2) is 6.80. The van der Waals surface area contributed by atoms with Gasteiger partial charge in [0.25, 0.3) is 0 Å². The fourth-order valence-corrected chi connectivity index (χ4v) is 2.56. The van der Waals surface area contributed by atoms with Gasteiger partial charge in [-0.25, -0.2) is 4.79 Å². The molecule has 1 fully saturated rings. The molecule has 0 aliphatic carbocycles. The number of carbonyl (C=O) groups is 2. The smallest absolute Gasteiger partial charge is 0.321 e. The van der Waals surface area contributed by atoms with Crippen molar-refractivity contribution in [1.82, 2.24) is 9.80 Å². The van der Waals surface area contributed by atoms with E-state index in [4.69, 9.17) is 11.6 Å². The highest BCUT2D eigenvalue weighted by molar-refractivity contribution is 6.30. The van der Waals surface area contributed by atoms with Gasteiger partial charge in [0.15, 0.2) is 0 Å². The first-order chi connectivity index (χ1) is 9.97. The molecule has 1 heterocycles. The van der Waals surface area contributed by atoms with Crippen molar-refractivity contribution in [3.8, 4) is 0 Å². The molecule has 2 rings (SSSR count). The number of hydrogen-bond donors (Lipinski definition) is 1. The van der Waals surface area contributed by atoms with Crippen molar-refractivity contribution in [3.63, 3.8) is 0 Å². The molecule has 0 aromatic heterocycles. The Balaban J connectivity index is 1.86. The normalized spacial score (nSPS) is 15.7. The van der Waals surface area contributed by atoms with Gasteiger partial charge in [-0.1, -0.05) is 11.6 Å². The van der Waals surface area contributed by atoms with Crippen LogP contribution in [0.4, 0.5) is 10.5 Å². The highest BCUT2D eigenvalue weighted by Gasteiger charge is 2.28. The van der Waals surface area contributed by atoms with E-state index in [1.54, 1.807) is 48.2 Å². The van der Waals surface area contributed by atoms with Crippen LogP contribution in [0.15, 0.2) is 24.3 Å². The summed E-state index contributed by atoms with van der Waals surface area (Å²) in [4.78, 5) is 27.4. The molecule has 114 valence electrons. The molecule has 21 heavy (non-hydrogen) atoms. The number of benzene rings is 1. The van der Waals surface area contributed by atoms with Gasteiger partial charge in [-0.3, -0.25) is 4.79 Å². The number of nitrogens with one attached hydrogen (secondary N) is 1. The molecule has 6 heteroatoms. The molecule has 1 aromatic carbocycles. The lowest BCUT2D eigenvalue weighted by Gasteiger charge is -2.32. The maximum absolute atomic E-state index is 12.1. The average molecular weight is 310 g/mol. The van der Waals surface area contributed by atoms with Gasteiger partial charge in [-0.05, 0) is 37.1 Å². The minimum Gasteiger partial charge on any atom is -0.349 e. The SMILES string of the molecule is CN(C)C(=O)C1CCN(C(=O)Nc2ccc(Cl)cc2)CC1. The first-order valence-corrected chi connectivity index (χ1v) is 7.38. The first-order valence-electron chi connectivity index (χ1n) is 7.00. The summed E-state index contributed by atoms with van der Waals surface area (Å²) in [6, 6.07) is 6.87. The Labute approximate surface area is 129 Å². The third kappa shape index (κ3) is 4.11. The van der Waals surface area contributed by atoms with Crippen LogP contribution in [0, 0.1) is 5.92 Å². The lowest BCUT2D eigenvalue weighted by molar-refractivity contribution is -0.134. The van der Waals surface area contributed by atoms with Gasteiger partial charge in [0, 0.05) is 43.8 Å². The van der Waals surface area contributed by atoms with Crippen molar-refractivity contribution in [2.75, 3.05) is 32.5 Å². The van der Waals surface area contributed by atoms with Crippen molar-refractivity contribution in [3.05, 3.63) is 29.3 Å². The summed E-state index contributed by atoms with van der Waals surface area (Å²) in [5.41, 5.74) is 0.718. The molecular formula is C15H20ClN3O2. The van der Waals surface area contributed by atoms with Gasteiger partial charge in [0.1, 0.15) is 0 Å². The van der Waals surface area contributed by atoms with E-state index in [2.05, 4.69) is 5.32 Å². The lowest BCUT2D eigenvalue weighted by atomic mass is 9.96. The third-order valence-corrected chi connectivity index (χ3v) is 3.92. The largest absolute Gasteiger partial charge is 0.349 e. The summed E-state index contributed by atoms with van der Waals surface area (Å²) in [5, 5.41) is 3.47. The molecular weight excluding hydrogens is 290 g/mol. The number of hydrogen-bond acceptors (Lipinski definition) is 2. The van der Waals surface area contributed by atoms with Crippen molar-refractivity contribution < 1.29 is 9.59 Å². The number of amides is 3. The second-order valence-electron chi connectivity index (χ2n) is 5.43. The highest BCUT2D eigenvalue weighted by atomic mass is 35.5. The van der Waals surface area contributed by atoms with Crippen LogP contribution >= 0.6 is 11.6 Å². The molecule has 0 radical (unpaired) electrons. The van der Waals surface area contributed by atoms with Crippen LogP contribution < -0.4 is 5.32 Å². The van der Waals surface area contributed by atoms with Crippen LogP contribution in [-0.4, -0.2) is 48.9 Å². The summed E-state index contributed by atoms with van der Waals surface area (Å²) < 4.78 is 0. The van der Waals surface area contributed by atoms with Gasteiger partial charge >= 0.3 is 6.03 Å². The van der Waals surface area contributed by atoms with E-state index in [1.165, 1.54) is 0 Å². The van der Waals surface area contributed by atoms with E-state index in [-0.39, 0.29) is 17.9 Å². The van der Waals surface area contributed by atoms with E-state index in [0.717, 1.165) is 5.69 Å². The summed E-state index contributed by atoms with van der Waals surface area (Å²) >= 11 is 5.81. The lowest BCUT2D eigenvalue weighted by Crippen LogP contribution is -2.44. The van der Waals surface area contributed by atoms with Crippen LogP contribution in [0.25, 0.3) is 0 Å². The Kier molecular flexibility index (Phi) is 5.07. The molecule has 0 spiro atoms. The molecule has 1 saturated heterocycles. The van der Waals surface area contributed by atoms with E-state index in [0.29, 0.717) is 31.0 Å². The summed E-state index contributed by atoms with van der Waals surface area (Å²) in [7, 11) is 3.53. The van der Waals surface area contributed by atoms with Crippen molar-refractivity contribution in [1.29, 1.82) is 0 Å². The Morgan fingerprint density at radius 3 is 2.29 bits per heavy atom. The van der Waals surface area contributed by atoms with Crippen LogP contribution in [0.2, 0.25) is 5.02 Å². The quantitative estimate of drug-likeness (QED) is 0.913. The predicted molar refractivity (Wildman–Crippen MR) is 83.5 cm³/mol. The molecule has 0 atom stereocenters. The van der Waals surface area contributed by atoms with E-state index in [1.807, 2.05) is 0 Å². The molecule has 5 nitrogen and oxygen atoms in total. The van der Waals surface area contributed by atoms with Crippen molar-refractivity contribution in [2.45, 2.75) is 12.8 Å². The summed E-state index contributed by atoms with van der Waals surface area (Å²) in [6.07, 6.45) is 1.43.